The van der Waals surface area contributed by atoms with Crippen LogP contribution in [0.3, 0.4) is 0 Å². The van der Waals surface area contributed by atoms with Gasteiger partial charge in [-0.1, -0.05) is 163 Å². The fourth-order valence-corrected chi connectivity index (χ4v) is 6.41. The molecule has 9 aromatic rings. The van der Waals surface area contributed by atoms with Crippen LogP contribution in [-0.4, -0.2) is 9.55 Å². The number of hydrogen-bond donors (Lipinski definition) is 0. The Bertz CT molecular complexity index is 3200. The maximum absolute atomic E-state index is 9.55. The van der Waals surface area contributed by atoms with Crippen LogP contribution in [0.1, 0.15) is 17.8 Å². The van der Waals surface area contributed by atoms with Gasteiger partial charge in [-0.15, -0.1) is 0 Å². The van der Waals surface area contributed by atoms with E-state index in [9.17, 15) is 5.48 Å². The highest BCUT2D eigenvalue weighted by Gasteiger charge is 2.22. The van der Waals surface area contributed by atoms with Gasteiger partial charge in [0.05, 0.1) is 34.5 Å². The molecule has 0 aliphatic carbocycles. The van der Waals surface area contributed by atoms with Crippen molar-refractivity contribution >= 4 is 32.6 Å². The van der Waals surface area contributed by atoms with Crippen LogP contribution in [0.4, 0.5) is 0 Å². The normalized spacial score (nSPS) is 15.3. The monoisotopic (exact) mass is 611 g/mol. The fraction of sp³-hybridized carbons (Fsp3) is 0. The van der Waals surface area contributed by atoms with Gasteiger partial charge in [0.25, 0.3) is 0 Å². The third-order valence-electron chi connectivity index (χ3n) is 8.35. The predicted octanol–water partition coefficient (Wildman–Crippen LogP) is 12.0. The molecule has 9 rings (SSSR count). The van der Waals surface area contributed by atoms with Crippen LogP contribution in [-0.2, 0) is 0 Å². The van der Waals surface area contributed by atoms with Gasteiger partial charge in [-0.2, -0.15) is 0 Å². The van der Waals surface area contributed by atoms with Gasteiger partial charge in [0.2, 0.25) is 0 Å². The summed E-state index contributed by atoms with van der Waals surface area (Å²) in [6, 6.07) is 23.7. The standard InChI is InChI=1S/C45H30N2/c1-3-17-31(18-4-1)33-21-7-8-22-34(33)43-35-23-9-11-25-37(35)44(38-26-12-10-24-36(38)43)39-27-13-15-29-41(39)47-42-30-16-14-28-40(42)46-45(47)32-19-5-2-6-20-32/h1-30H/i2D,5D,6D,9D,10D,11D,12D,19D,20D,23D,24D,25D,26D. The molecule has 220 valence electrons. The maximum Gasteiger partial charge on any atom is 0.145 e. The van der Waals surface area contributed by atoms with Crippen LogP contribution in [0, 0.1) is 0 Å². The first kappa shape index (κ1) is 16.9. The fourth-order valence-electron chi connectivity index (χ4n) is 6.41. The number of fused-ring (bicyclic) bond motifs is 3. The van der Waals surface area contributed by atoms with Crippen molar-refractivity contribution in [1.82, 2.24) is 9.55 Å². The molecule has 0 saturated heterocycles. The van der Waals surface area contributed by atoms with Gasteiger partial charge >= 0.3 is 0 Å². The first-order valence-electron chi connectivity index (χ1n) is 21.5. The Hall–Kier alpha value is -6.25. The average Bonchev–Trinajstić information content (AvgIpc) is 3.65. The zero-order valence-corrected chi connectivity index (χ0v) is 24.7. The van der Waals surface area contributed by atoms with E-state index in [2.05, 4.69) is 0 Å². The lowest BCUT2D eigenvalue weighted by Gasteiger charge is -2.21. The van der Waals surface area contributed by atoms with Gasteiger partial charge in [0, 0.05) is 11.1 Å². The van der Waals surface area contributed by atoms with Crippen LogP contribution in [0.2, 0.25) is 0 Å². The summed E-state index contributed by atoms with van der Waals surface area (Å²) < 4.78 is 119. The van der Waals surface area contributed by atoms with Crippen LogP contribution >= 0.6 is 0 Å². The van der Waals surface area contributed by atoms with E-state index >= 15 is 0 Å². The second-order valence-corrected chi connectivity index (χ2v) is 10.9. The number of aromatic nitrogens is 2. The minimum atomic E-state index is -0.577. The molecule has 0 aliphatic heterocycles. The molecule has 0 amide bonds. The smallest absolute Gasteiger partial charge is 0.145 e. The molecule has 0 atom stereocenters. The molecule has 0 aliphatic rings. The number of rotatable bonds is 5. The number of nitrogens with zero attached hydrogens (tertiary/aromatic N) is 2. The van der Waals surface area contributed by atoms with Gasteiger partial charge in [-0.05, 0) is 67.6 Å². The minimum absolute atomic E-state index is 0.00220. The Morgan fingerprint density at radius 1 is 0.426 bits per heavy atom. The predicted molar refractivity (Wildman–Crippen MR) is 198 cm³/mol. The molecule has 0 saturated carbocycles. The van der Waals surface area contributed by atoms with E-state index in [1.165, 1.54) is 0 Å². The largest absolute Gasteiger partial charge is 0.292 e. The second kappa shape index (κ2) is 11.3. The molecule has 2 heteroatoms. The Balaban J connectivity index is 1.54. The Labute approximate surface area is 292 Å². The van der Waals surface area contributed by atoms with E-state index < -0.39 is 78.6 Å². The lowest BCUT2D eigenvalue weighted by molar-refractivity contribution is 1.10. The van der Waals surface area contributed by atoms with Crippen molar-refractivity contribution in [2.24, 2.45) is 0 Å². The third kappa shape index (κ3) is 4.46. The van der Waals surface area contributed by atoms with E-state index in [-0.39, 0.29) is 49.6 Å². The molecule has 2 nitrogen and oxygen atoms in total. The van der Waals surface area contributed by atoms with Crippen LogP contribution in [0.5, 0.6) is 0 Å². The molecule has 1 heterocycles. The van der Waals surface area contributed by atoms with Gasteiger partial charge < -0.3 is 0 Å². The van der Waals surface area contributed by atoms with Gasteiger partial charge in [0.15, 0.2) is 0 Å². The molecule has 0 fully saturated rings. The first-order valence-corrected chi connectivity index (χ1v) is 15.0. The second-order valence-electron chi connectivity index (χ2n) is 10.9. The van der Waals surface area contributed by atoms with Crippen LogP contribution in [0.25, 0.3) is 83.0 Å². The molecule has 0 unspecified atom stereocenters. The molecular weight excluding hydrogens is 569 g/mol. The van der Waals surface area contributed by atoms with Crippen LogP contribution < -0.4 is 0 Å². The summed E-state index contributed by atoms with van der Waals surface area (Å²) in [7, 11) is 0. The Kier molecular flexibility index (Phi) is 4.05. The van der Waals surface area contributed by atoms with Crippen molar-refractivity contribution < 1.29 is 17.8 Å². The van der Waals surface area contributed by atoms with Gasteiger partial charge in [-0.25, -0.2) is 4.98 Å². The topological polar surface area (TPSA) is 17.8 Å². The summed E-state index contributed by atoms with van der Waals surface area (Å²) in [6.07, 6.45) is 0. The summed E-state index contributed by atoms with van der Waals surface area (Å²) in [5.74, 6) is -0.00789. The lowest BCUT2D eigenvalue weighted by atomic mass is 9.83. The van der Waals surface area contributed by atoms with Crippen molar-refractivity contribution in [1.29, 1.82) is 0 Å². The highest BCUT2D eigenvalue weighted by Crippen LogP contribution is 2.47. The summed E-state index contributed by atoms with van der Waals surface area (Å²) in [5, 5.41) is 0.0661. The summed E-state index contributed by atoms with van der Waals surface area (Å²) in [6.45, 7) is 0. The Morgan fingerprint density at radius 3 is 1.62 bits per heavy atom. The minimum Gasteiger partial charge on any atom is -0.292 e. The SMILES string of the molecule is [2H]c1c([2H])c([2H])c(-c2nc3ccccc3n2-c2ccccc2-c2c3c([2H])c([2H])c([2H])c([2H])c3c(-c3ccccc3-c3ccccc3)c3c([2H])c([2H])c([2H])c([2H])c23)c([2H])c1[2H]. The number of para-hydroxylation sites is 3. The average molecular weight is 612 g/mol. The molecule has 8 aromatic carbocycles. The van der Waals surface area contributed by atoms with Crippen molar-refractivity contribution in [3.8, 4) is 50.5 Å². The van der Waals surface area contributed by atoms with Crippen molar-refractivity contribution in [3.63, 3.8) is 0 Å². The lowest BCUT2D eigenvalue weighted by Crippen LogP contribution is -2.01. The van der Waals surface area contributed by atoms with Crippen molar-refractivity contribution in [2.45, 2.75) is 0 Å². The van der Waals surface area contributed by atoms with E-state index in [1.54, 1.807) is 65.2 Å². The Morgan fingerprint density at radius 2 is 0.936 bits per heavy atom. The number of hydrogen-bond acceptors (Lipinski definition) is 1. The molecule has 1 aromatic heterocycles. The molecular formula is C45H30N2. The summed E-state index contributed by atoms with van der Waals surface area (Å²) >= 11 is 0. The molecule has 47 heavy (non-hydrogen) atoms. The summed E-state index contributed by atoms with van der Waals surface area (Å²) in [4.78, 5) is 4.81. The highest BCUT2D eigenvalue weighted by molar-refractivity contribution is 6.23. The molecule has 0 spiro atoms. The zero-order valence-electron chi connectivity index (χ0n) is 37.7. The van der Waals surface area contributed by atoms with Gasteiger partial charge in [-0.3, -0.25) is 4.57 Å². The van der Waals surface area contributed by atoms with Gasteiger partial charge in [0.1, 0.15) is 5.82 Å². The van der Waals surface area contributed by atoms with E-state index in [1.807, 2.05) is 42.5 Å². The summed E-state index contributed by atoms with van der Waals surface area (Å²) in [5.41, 5.74) is 3.48. The van der Waals surface area contributed by atoms with E-state index in [0.29, 0.717) is 27.8 Å². The third-order valence-corrected chi connectivity index (χ3v) is 8.35. The number of benzene rings is 8. The highest BCUT2D eigenvalue weighted by atomic mass is 15.1. The molecule has 0 N–H and O–H groups in total. The molecule has 0 bridgehead atoms. The quantitative estimate of drug-likeness (QED) is 0.177. The maximum atomic E-state index is 9.55. The van der Waals surface area contributed by atoms with Crippen molar-refractivity contribution in [2.75, 3.05) is 0 Å². The van der Waals surface area contributed by atoms with E-state index in [4.69, 9.17) is 17.3 Å². The molecule has 0 radical (unpaired) electrons. The van der Waals surface area contributed by atoms with Crippen molar-refractivity contribution in [3.05, 3.63) is 182 Å². The number of imidazole rings is 1. The zero-order chi connectivity index (χ0) is 42.5. The first-order chi connectivity index (χ1) is 28.8. The van der Waals surface area contributed by atoms with E-state index in [0.717, 1.165) is 5.56 Å². The van der Waals surface area contributed by atoms with Crippen LogP contribution in [0.15, 0.2) is 182 Å².